The molecule has 0 amide bonds. The van der Waals surface area contributed by atoms with Crippen LogP contribution in [0.1, 0.15) is 5.56 Å². The minimum Gasteiger partial charge on any atom is -0.278 e. The second-order valence-corrected chi connectivity index (χ2v) is 3.76. The summed E-state index contributed by atoms with van der Waals surface area (Å²) in [7, 11) is 0. The second-order valence-electron chi connectivity index (χ2n) is 3.11. The van der Waals surface area contributed by atoms with Gasteiger partial charge in [0, 0.05) is 17.1 Å². The Morgan fingerprint density at radius 2 is 2.13 bits per heavy atom. The van der Waals surface area contributed by atoms with E-state index in [1.54, 1.807) is 6.20 Å². The van der Waals surface area contributed by atoms with E-state index in [4.69, 9.17) is 0 Å². The lowest BCUT2D eigenvalue weighted by Crippen LogP contribution is -1.83. The molecule has 0 aliphatic rings. The van der Waals surface area contributed by atoms with Crippen molar-refractivity contribution >= 4 is 22.0 Å². The summed E-state index contributed by atoms with van der Waals surface area (Å²) < 4.78 is 0. The van der Waals surface area contributed by atoms with Gasteiger partial charge in [-0.15, -0.1) is 0 Å². The number of halogens is 1. The topological polar surface area (TPSA) is 28.7 Å². The zero-order chi connectivity index (χ0) is 10.5. The molecule has 0 atom stereocenters. The first-order chi connectivity index (χ1) is 7.42. The zero-order valence-electron chi connectivity index (χ0n) is 8.15. The Bertz CT molecular complexity index is 446. The lowest BCUT2D eigenvalue weighted by atomic mass is 10.0. The first-order valence-corrected chi connectivity index (χ1v) is 5.85. The van der Waals surface area contributed by atoms with E-state index in [9.17, 15) is 0 Å². The van der Waals surface area contributed by atoms with Gasteiger partial charge < -0.3 is 0 Å². The number of nitrogens with one attached hydrogen (secondary N) is 1. The van der Waals surface area contributed by atoms with Gasteiger partial charge in [0.15, 0.2) is 0 Å². The summed E-state index contributed by atoms with van der Waals surface area (Å²) in [4.78, 5) is 0. The monoisotopic (exact) mass is 262 g/mol. The quantitative estimate of drug-likeness (QED) is 0.844. The van der Waals surface area contributed by atoms with Crippen molar-refractivity contribution in [2.24, 2.45) is 0 Å². The van der Waals surface area contributed by atoms with E-state index in [2.05, 4.69) is 50.4 Å². The van der Waals surface area contributed by atoms with E-state index < -0.39 is 0 Å². The molecule has 76 valence electrons. The predicted molar refractivity (Wildman–Crippen MR) is 66.9 cm³/mol. The van der Waals surface area contributed by atoms with E-state index in [0.717, 1.165) is 11.0 Å². The molecular formula is C12H11BrN2. The molecule has 0 bridgehead atoms. The molecule has 1 heterocycles. The molecule has 2 aromatic rings. The van der Waals surface area contributed by atoms with Crippen molar-refractivity contribution in [3.05, 3.63) is 48.2 Å². The van der Waals surface area contributed by atoms with Crippen LogP contribution in [0.4, 0.5) is 0 Å². The van der Waals surface area contributed by atoms with Crippen LogP contribution >= 0.6 is 15.9 Å². The van der Waals surface area contributed by atoms with Crippen LogP contribution in [0, 0.1) is 0 Å². The molecule has 0 radical (unpaired) electrons. The van der Waals surface area contributed by atoms with Crippen LogP contribution in [0.2, 0.25) is 0 Å². The molecule has 0 spiro atoms. The van der Waals surface area contributed by atoms with Gasteiger partial charge in [-0.3, -0.25) is 5.10 Å². The zero-order valence-corrected chi connectivity index (χ0v) is 9.74. The number of hydrogen-bond donors (Lipinski definition) is 1. The van der Waals surface area contributed by atoms with Gasteiger partial charge >= 0.3 is 0 Å². The lowest BCUT2D eigenvalue weighted by molar-refractivity contribution is 1.09. The second kappa shape index (κ2) is 4.94. The summed E-state index contributed by atoms with van der Waals surface area (Å²) in [6.45, 7) is 0. The number of benzene rings is 1. The van der Waals surface area contributed by atoms with Crippen LogP contribution in [0.15, 0.2) is 42.6 Å². The van der Waals surface area contributed by atoms with E-state index in [0.29, 0.717) is 0 Å². The highest BCUT2D eigenvalue weighted by molar-refractivity contribution is 9.09. The minimum absolute atomic E-state index is 0.865. The molecule has 0 aliphatic carbocycles. The largest absolute Gasteiger partial charge is 0.278 e. The van der Waals surface area contributed by atoms with Crippen molar-refractivity contribution in [2.75, 3.05) is 5.33 Å². The van der Waals surface area contributed by atoms with Crippen LogP contribution < -0.4 is 0 Å². The van der Waals surface area contributed by atoms with E-state index >= 15 is 0 Å². The molecule has 1 N–H and O–H groups in total. The number of H-pyrrole nitrogens is 1. The Hall–Kier alpha value is -1.35. The lowest BCUT2D eigenvalue weighted by Gasteiger charge is -2.02. The maximum Gasteiger partial charge on any atom is 0.0656 e. The molecular weight excluding hydrogens is 252 g/mol. The molecule has 1 aromatic carbocycles. The fourth-order valence-electron chi connectivity index (χ4n) is 1.47. The Morgan fingerprint density at radius 1 is 1.27 bits per heavy atom. The Kier molecular flexibility index (Phi) is 3.35. The molecule has 15 heavy (non-hydrogen) atoms. The van der Waals surface area contributed by atoms with Crippen molar-refractivity contribution in [1.82, 2.24) is 10.2 Å². The fraction of sp³-hybridized carbons (Fsp3) is 0.0833. The minimum atomic E-state index is 0.865. The molecule has 0 saturated carbocycles. The van der Waals surface area contributed by atoms with Gasteiger partial charge in [-0.2, -0.15) is 5.10 Å². The molecule has 0 fully saturated rings. The van der Waals surface area contributed by atoms with E-state index in [1.165, 1.54) is 11.1 Å². The normalized spacial score (nSPS) is 11.0. The average molecular weight is 263 g/mol. The average Bonchev–Trinajstić information content (AvgIpc) is 2.80. The number of allylic oxidation sites excluding steroid dienone is 1. The van der Waals surface area contributed by atoms with Crippen LogP contribution in [0.25, 0.3) is 17.3 Å². The third-order valence-electron chi connectivity index (χ3n) is 2.14. The number of hydrogen-bond acceptors (Lipinski definition) is 1. The summed E-state index contributed by atoms with van der Waals surface area (Å²) >= 11 is 3.37. The number of aromatic nitrogens is 2. The molecule has 0 aliphatic heterocycles. The van der Waals surface area contributed by atoms with Gasteiger partial charge in [-0.1, -0.05) is 52.3 Å². The number of alkyl halides is 1. The SMILES string of the molecule is BrCC=Cc1ccccc1-c1ccn[nH]1. The van der Waals surface area contributed by atoms with Crippen molar-refractivity contribution < 1.29 is 0 Å². The summed E-state index contributed by atoms with van der Waals surface area (Å²) in [5.41, 5.74) is 3.42. The molecule has 1 aromatic heterocycles. The first kappa shape index (κ1) is 10.2. The molecule has 3 heteroatoms. The number of nitrogens with zero attached hydrogens (tertiary/aromatic N) is 1. The standard InChI is InChI=1S/C12H11BrN2/c13-8-3-5-10-4-1-2-6-11(10)12-7-9-14-15-12/h1-7,9H,8H2,(H,14,15). The Morgan fingerprint density at radius 3 is 2.87 bits per heavy atom. The highest BCUT2D eigenvalue weighted by Crippen LogP contribution is 2.22. The molecule has 2 nitrogen and oxygen atoms in total. The van der Waals surface area contributed by atoms with Crippen LogP contribution in [0.5, 0.6) is 0 Å². The third-order valence-corrected chi connectivity index (χ3v) is 2.51. The summed E-state index contributed by atoms with van der Waals surface area (Å²) in [6, 6.07) is 10.2. The maximum atomic E-state index is 3.96. The summed E-state index contributed by atoms with van der Waals surface area (Å²) in [6.07, 6.45) is 5.94. The molecule has 0 saturated heterocycles. The van der Waals surface area contributed by atoms with Crippen molar-refractivity contribution in [3.63, 3.8) is 0 Å². The van der Waals surface area contributed by atoms with Gasteiger partial charge in [-0.05, 0) is 11.6 Å². The Labute approximate surface area is 97.2 Å². The maximum absolute atomic E-state index is 3.96. The summed E-state index contributed by atoms with van der Waals surface area (Å²) in [5, 5.41) is 7.80. The predicted octanol–water partition coefficient (Wildman–Crippen LogP) is 3.48. The first-order valence-electron chi connectivity index (χ1n) is 4.73. The van der Waals surface area contributed by atoms with Gasteiger partial charge in [0.2, 0.25) is 0 Å². The van der Waals surface area contributed by atoms with E-state index in [1.807, 2.05) is 18.2 Å². The van der Waals surface area contributed by atoms with Gasteiger partial charge in [0.1, 0.15) is 0 Å². The van der Waals surface area contributed by atoms with Gasteiger partial charge in [0.25, 0.3) is 0 Å². The Balaban J connectivity index is 2.43. The highest BCUT2D eigenvalue weighted by Gasteiger charge is 2.01. The van der Waals surface area contributed by atoms with Crippen LogP contribution in [-0.4, -0.2) is 15.5 Å². The highest BCUT2D eigenvalue weighted by atomic mass is 79.9. The van der Waals surface area contributed by atoms with Crippen LogP contribution in [-0.2, 0) is 0 Å². The summed E-state index contributed by atoms with van der Waals surface area (Å²) in [5.74, 6) is 0. The van der Waals surface area contributed by atoms with Gasteiger partial charge in [0.05, 0.1) is 5.69 Å². The molecule has 2 rings (SSSR count). The van der Waals surface area contributed by atoms with Crippen LogP contribution in [0.3, 0.4) is 0 Å². The smallest absolute Gasteiger partial charge is 0.0656 e. The van der Waals surface area contributed by atoms with Gasteiger partial charge in [-0.25, -0.2) is 0 Å². The fourth-order valence-corrected chi connectivity index (χ4v) is 1.65. The number of aromatic amines is 1. The van der Waals surface area contributed by atoms with E-state index in [-0.39, 0.29) is 0 Å². The van der Waals surface area contributed by atoms with Crippen molar-refractivity contribution in [1.29, 1.82) is 0 Å². The third kappa shape index (κ3) is 2.36. The molecule has 0 unspecified atom stereocenters. The number of rotatable bonds is 3. The van der Waals surface area contributed by atoms with Crippen molar-refractivity contribution in [3.8, 4) is 11.3 Å². The van der Waals surface area contributed by atoms with Crippen molar-refractivity contribution in [2.45, 2.75) is 0 Å².